The molecule has 0 spiro atoms. The zero-order chi connectivity index (χ0) is 11.8. The van der Waals surface area contributed by atoms with Gasteiger partial charge in [0.1, 0.15) is 5.82 Å². The van der Waals surface area contributed by atoms with Crippen molar-refractivity contribution < 1.29 is 9.18 Å². The molecule has 1 aromatic carbocycles. The normalized spacial score (nSPS) is 24.7. The van der Waals surface area contributed by atoms with E-state index in [-0.39, 0.29) is 11.3 Å². The van der Waals surface area contributed by atoms with Gasteiger partial charge in [0.2, 0.25) is 0 Å². The second kappa shape index (κ2) is 4.26. The van der Waals surface area contributed by atoms with Crippen molar-refractivity contribution in [3.63, 3.8) is 0 Å². The van der Waals surface area contributed by atoms with E-state index in [1.165, 1.54) is 6.07 Å². The number of hydrogen-bond acceptors (Lipinski definition) is 2. The molecule has 1 N–H and O–H groups in total. The zero-order valence-electron chi connectivity index (χ0n) is 9.02. The van der Waals surface area contributed by atoms with Crippen LogP contribution in [0.4, 0.5) is 4.39 Å². The number of nitrogens with one attached hydrogen (secondary N) is 1. The summed E-state index contributed by atoms with van der Waals surface area (Å²) in [6.07, 6.45) is 0.762. The smallest absolute Gasteiger partial charge is 0.173 e. The molecule has 1 unspecified atom stereocenters. The number of rotatable bonds is 2. The summed E-state index contributed by atoms with van der Waals surface area (Å²) in [5.74, 6) is -0.558. The van der Waals surface area contributed by atoms with Gasteiger partial charge in [-0.05, 0) is 31.2 Å². The molecule has 1 aliphatic rings. The molecule has 1 saturated heterocycles. The highest BCUT2D eigenvalue weighted by Crippen LogP contribution is 2.31. The molecule has 2 rings (SSSR count). The SMILES string of the molecule is CC1(C(=O)c2cc(Br)ccc2F)CCNC1. The summed E-state index contributed by atoms with van der Waals surface area (Å²) in [6, 6.07) is 4.48. The van der Waals surface area contributed by atoms with Crippen molar-refractivity contribution in [2.75, 3.05) is 13.1 Å². The first-order chi connectivity index (χ1) is 7.53. The van der Waals surface area contributed by atoms with Gasteiger partial charge in [0.05, 0.1) is 5.56 Å². The molecule has 0 aromatic heterocycles. The first-order valence-electron chi connectivity index (χ1n) is 5.23. The Balaban J connectivity index is 2.36. The molecule has 0 radical (unpaired) electrons. The molecule has 0 bridgehead atoms. The van der Waals surface area contributed by atoms with Gasteiger partial charge in [-0.25, -0.2) is 4.39 Å². The highest BCUT2D eigenvalue weighted by molar-refractivity contribution is 9.10. The highest BCUT2D eigenvalue weighted by atomic mass is 79.9. The van der Waals surface area contributed by atoms with Gasteiger partial charge in [0.15, 0.2) is 5.78 Å². The van der Waals surface area contributed by atoms with Crippen LogP contribution in [0, 0.1) is 11.2 Å². The van der Waals surface area contributed by atoms with Crippen molar-refractivity contribution in [3.05, 3.63) is 34.1 Å². The summed E-state index contributed by atoms with van der Waals surface area (Å²) >= 11 is 3.26. The number of ketones is 1. The molecule has 16 heavy (non-hydrogen) atoms. The van der Waals surface area contributed by atoms with E-state index in [9.17, 15) is 9.18 Å². The molecule has 1 aromatic rings. The van der Waals surface area contributed by atoms with Crippen LogP contribution in [0.1, 0.15) is 23.7 Å². The minimum atomic E-state index is -0.471. The molecule has 0 amide bonds. The number of hydrogen-bond donors (Lipinski definition) is 1. The van der Waals surface area contributed by atoms with E-state index in [2.05, 4.69) is 21.2 Å². The maximum atomic E-state index is 13.6. The Morgan fingerprint density at radius 1 is 1.56 bits per heavy atom. The average molecular weight is 286 g/mol. The van der Waals surface area contributed by atoms with E-state index in [0.29, 0.717) is 6.54 Å². The first kappa shape index (κ1) is 11.7. The van der Waals surface area contributed by atoms with Gasteiger partial charge in [0, 0.05) is 16.4 Å². The maximum absolute atomic E-state index is 13.6. The van der Waals surface area contributed by atoms with Crippen LogP contribution in [0.15, 0.2) is 22.7 Å². The van der Waals surface area contributed by atoms with Crippen LogP contribution >= 0.6 is 15.9 Å². The van der Waals surface area contributed by atoms with E-state index < -0.39 is 11.2 Å². The molecule has 1 heterocycles. The lowest BCUT2D eigenvalue weighted by atomic mass is 9.81. The summed E-state index contributed by atoms with van der Waals surface area (Å²) < 4.78 is 14.3. The Labute approximate surface area is 102 Å². The first-order valence-corrected chi connectivity index (χ1v) is 6.03. The monoisotopic (exact) mass is 285 g/mol. The van der Waals surface area contributed by atoms with Crippen molar-refractivity contribution in [1.29, 1.82) is 0 Å². The molecule has 86 valence electrons. The quantitative estimate of drug-likeness (QED) is 0.847. The van der Waals surface area contributed by atoms with Gasteiger partial charge >= 0.3 is 0 Å². The second-order valence-electron chi connectivity index (χ2n) is 4.44. The number of benzene rings is 1. The standard InChI is InChI=1S/C12H13BrFNO/c1-12(4-5-15-7-12)11(16)9-6-8(13)2-3-10(9)14/h2-3,6,15H,4-5,7H2,1H3. The fourth-order valence-electron chi connectivity index (χ4n) is 2.01. The predicted molar refractivity (Wildman–Crippen MR) is 64.0 cm³/mol. The van der Waals surface area contributed by atoms with E-state index in [0.717, 1.165) is 17.4 Å². The Morgan fingerprint density at radius 3 is 2.94 bits per heavy atom. The third-order valence-corrected chi connectivity index (χ3v) is 3.58. The van der Waals surface area contributed by atoms with Gasteiger partial charge in [0.25, 0.3) is 0 Å². The van der Waals surface area contributed by atoms with E-state index in [4.69, 9.17) is 0 Å². The Hall–Kier alpha value is -0.740. The molecule has 1 atom stereocenters. The van der Waals surface area contributed by atoms with E-state index >= 15 is 0 Å². The lowest BCUT2D eigenvalue weighted by Gasteiger charge is -2.21. The van der Waals surface area contributed by atoms with E-state index in [1.54, 1.807) is 12.1 Å². The van der Waals surface area contributed by atoms with Crippen LogP contribution in [-0.4, -0.2) is 18.9 Å². The predicted octanol–water partition coefficient (Wildman–Crippen LogP) is 2.77. The van der Waals surface area contributed by atoms with Crippen LogP contribution < -0.4 is 5.32 Å². The highest BCUT2D eigenvalue weighted by Gasteiger charge is 2.37. The van der Waals surface area contributed by atoms with Crippen molar-refractivity contribution >= 4 is 21.7 Å². The molecule has 0 aliphatic carbocycles. The minimum Gasteiger partial charge on any atom is -0.316 e. The number of carbonyl (C=O) groups is 1. The van der Waals surface area contributed by atoms with Gasteiger partial charge in [-0.2, -0.15) is 0 Å². The summed E-state index contributed by atoms with van der Waals surface area (Å²) in [7, 11) is 0. The summed E-state index contributed by atoms with van der Waals surface area (Å²) in [5, 5.41) is 3.14. The van der Waals surface area contributed by atoms with Crippen molar-refractivity contribution in [2.45, 2.75) is 13.3 Å². The maximum Gasteiger partial charge on any atom is 0.173 e. The van der Waals surface area contributed by atoms with Gasteiger partial charge < -0.3 is 5.32 Å². The third kappa shape index (κ3) is 2.04. The Morgan fingerprint density at radius 2 is 2.31 bits per heavy atom. The zero-order valence-corrected chi connectivity index (χ0v) is 10.6. The van der Waals surface area contributed by atoms with Gasteiger partial charge in [-0.3, -0.25) is 4.79 Å². The Kier molecular flexibility index (Phi) is 3.13. The van der Waals surface area contributed by atoms with Crippen LogP contribution in [0.5, 0.6) is 0 Å². The molecule has 4 heteroatoms. The van der Waals surface area contributed by atoms with Crippen LogP contribution in [0.3, 0.4) is 0 Å². The van der Waals surface area contributed by atoms with Gasteiger partial charge in [-0.15, -0.1) is 0 Å². The molecule has 1 fully saturated rings. The van der Waals surface area contributed by atoms with Crippen molar-refractivity contribution in [1.82, 2.24) is 5.32 Å². The second-order valence-corrected chi connectivity index (χ2v) is 5.36. The number of halogens is 2. The fourth-order valence-corrected chi connectivity index (χ4v) is 2.37. The van der Waals surface area contributed by atoms with Crippen LogP contribution in [0.25, 0.3) is 0 Å². The average Bonchev–Trinajstić information content (AvgIpc) is 2.69. The third-order valence-electron chi connectivity index (χ3n) is 3.09. The molecular weight excluding hydrogens is 273 g/mol. The number of carbonyl (C=O) groups excluding carboxylic acids is 1. The topological polar surface area (TPSA) is 29.1 Å². The molecular formula is C12H13BrFNO. The van der Waals surface area contributed by atoms with Crippen LogP contribution in [0.2, 0.25) is 0 Å². The lowest BCUT2D eigenvalue weighted by Crippen LogP contribution is -2.30. The van der Waals surface area contributed by atoms with Gasteiger partial charge in [-0.1, -0.05) is 22.9 Å². The summed E-state index contributed by atoms with van der Waals surface area (Å²) in [5.41, 5.74) is -0.290. The van der Waals surface area contributed by atoms with E-state index in [1.807, 2.05) is 6.92 Å². The summed E-state index contributed by atoms with van der Waals surface area (Å²) in [6.45, 7) is 3.32. The molecule has 2 nitrogen and oxygen atoms in total. The Bertz CT molecular complexity index is 427. The van der Waals surface area contributed by atoms with Crippen molar-refractivity contribution in [3.8, 4) is 0 Å². The lowest BCUT2D eigenvalue weighted by molar-refractivity contribution is 0.0835. The van der Waals surface area contributed by atoms with Crippen LogP contribution in [-0.2, 0) is 0 Å². The fraction of sp³-hybridized carbons (Fsp3) is 0.417. The summed E-state index contributed by atoms with van der Waals surface area (Å²) in [4.78, 5) is 12.2. The minimum absolute atomic E-state index is 0.115. The largest absolute Gasteiger partial charge is 0.316 e. The molecule has 0 saturated carbocycles. The molecule has 1 aliphatic heterocycles. The number of Topliss-reactive ketones (excluding diaryl/α,β-unsaturated/α-hetero) is 1. The van der Waals surface area contributed by atoms with Crippen molar-refractivity contribution in [2.24, 2.45) is 5.41 Å².